The van der Waals surface area contributed by atoms with Crippen molar-refractivity contribution in [2.75, 3.05) is 79.0 Å². The minimum Gasteiger partial charge on any atom is -0.462 e. The van der Waals surface area contributed by atoms with E-state index in [0.717, 1.165) is 94.0 Å². The van der Waals surface area contributed by atoms with Gasteiger partial charge >= 0.3 is 11.9 Å². The van der Waals surface area contributed by atoms with Gasteiger partial charge in [-0.25, -0.2) is 23.3 Å². The number of nitrogens with zero attached hydrogens (tertiary/aromatic N) is 5. The van der Waals surface area contributed by atoms with Gasteiger partial charge in [0.2, 0.25) is 6.33 Å². The molecule has 11 heteroatoms. The normalized spacial score (nSPS) is 17.9. The Bertz CT molecular complexity index is 2200. The second-order valence-corrected chi connectivity index (χ2v) is 19.4. The van der Waals surface area contributed by atoms with Gasteiger partial charge in [-0.15, -0.1) is 0 Å². The van der Waals surface area contributed by atoms with E-state index < -0.39 is 0 Å². The van der Waals surface area contributed by atoms with Gasteiger partial charge in [-0.3, -0.25) is 0 Å². The molecule has 0 amide bonds. The lowest BCUT2D eigenvalue weighted by molar-refractivity contribution is -0.890. The summed E-state index contributed by atoms with van der Waals surface area (Å²) in [6, 6.07) is 24.3. The van der Waals surface area contributed by atoms with Crippen molar-refractivity contribution in [1.82, 2.24) is 4.57 Å². The number of aromatic nitrogens is 2. The van der Waals surface area contributed by atoms with Crippen molar-refractivity contribution < 1.29 is 37.2 Å². The third-order valence-corrected chi connectivity index (χ3v) is 13.5. The molecule has 1 saturated heterocycles. The summed E-state index contributed by atoms with van der Waals surface area (Å²) in [5, 5.41) is 0. The molecule has 1 atom stereocenters. The first-order chi connectivity index (χ1) is 28.0. The van der Waals surface area contributed by atoms with E-state index in [0.29, 0.717) is 24.4 Å². The monoisotopic (exact) mass is 819 g/mol. The van der Waals surface area contributed by atoms with Gasteiger partial charge in [0.25, 0.3) is 0 Å². The number of carbonyl (C=O) groups is 2. The number of hydrogen-bond donors (Lipinski definition) is 0. The fraction of sp³-hybridized carbons (Fsp3) is 0.362. The largest absolute Gasteiger partial charge is 0.462 e. The second-order valence-electron chi connectivity index (χ2n) is 16.7. The van der Waals surface area contributed by atoms with Crippen molar-refractivity contribution in [3.63, 3.8) is 0 Å². The number of para-hydroxylation sites is 1. The number of cyclic esters (lactones) is 1. The Hall–Kier alpha value is -4.68. The van der Waals surface area contributed by atoms with Gasteiger partial charge in [-0.05, 0) is 53.1 Å². The number of rotatable bonds is 19. The number of allylic oxidation sites excluding steroid dienone is 1. The van der Waals surface area contributed by atoms with Gasteiger partial charge in [-0.1, -0.05) is 76.2 Å². The van der Waals surface area contributed by atoms with E-state index in [1.165, 1.54) is 12.1 Å². The van der Waals surface area contributed by atoms with Crippen LogP contribution in [0.3, 0.4) is 0 Å². The van der Waals surface area contributed by atoms with Gasteiger partial charge in [0.15, 0.2) is 19.0 Å². The molecule has 3 aromatic carbocycles. The molecule has 58 heavy (non-hydrogen) atoms. The lowest BCUT2D eigenvalue weighted by Crippen LogP contribution is -2.44. The Morgan fingerprint density at radius 1 is 0.793 bits per heavy atom. The zero-order chi connectivity index (χ0) is 40.5. The quantitative estimate of drug-likeness (QED) is 0.0189. The van der Waals surface area contributed by atoms with Crippen molar-refractivity contribution in [3.05, 3.63) is 132 Å². The molecule has 9 nitrogen and oxygen atoms in total. The number of ether oxygens (including phenoxy) is 2. The van der Waals surface area contributed by atoms with Crippen LogP contribution in [0.1, 0.15) is 47.4 Å². The van der Waals surface area contributed by atoms with Crippen LogP contribution in [0.5, 0.6) is 5.75 Å². The molecule has 0 saturated carbocycles. The molecule has 0 aliphatic carbocycles. The van der Waals surface area contributed by atoms with Gasteiger partial charge in [0.05, 0.1) is 96.9 Å². The SMILES string of the molecule is C[N+](C)(CCC[N+]1=CC(c2ccc(C=C3CCOC3=O)cc2)C=C1)CCSSCC[N+](C)(C)CCC[n+]1ccn(-c2ccc(C=C3C(=O)Oc4ccccc43)cc2)c1. The van der Waals surface area contributed by atoms with E-state index in [2.05, 4.69) is 116 Å². The van der Waals surface area contributed by atoms with Gasteiger partial charge < -0.3 is 18.4 Å². The summed E-state index contributed by atoms with van der Waals surface area (Å²) < 4.78 is 19.3. The third-order valence-electron chi connectivity index (χ3n) is 11.2. The Labute approximate surface area is 351 Å². The molecule has 4 aromatic rings. The summed E-state index contributed by atoms with van der Waals surface area (Å²) in [5.74, 6) is 2.74. The molecule has 3 aliphatic heterocycles. The average Bonchev–Trinajstić information content (AvgIpc) is 4.02. The molecule has 0 radical (unpaired) electrons. The van der Waals surface area contributed by atoms with E-state index in [-0.39, 0.29) is 17.9 Å². The Morgan fingerprint density at radius 2 is 1.47 bits per heavy atom. The highest BCUT2D eigenvalue weighted by Crippen LogP contribution is 2.35. The van der Waals surface area contributed by atoms with E-state index >= 15 is 0 Å². The average molecular weight is 820 g/mol. The molecule has 302 valence electrons. The highest BCUT2D eigenvalue weighted by molar-refractivity contribution is 8.76. The molecule has 1 fully saturated rings. The summed E-state index contributed by atoms with van der Waals surface area (Å²) in [5.41, 5.74) is 6.56. The van der Waals surface area contributed by atoms with Gasteiger partial charge in [0.1, 0.15) is 23.8 Å². The van der Waals surface area contributed by atoms with Gasteiger partial charge in [0, 0.05) is 24.0 Å². The third kappa shape index (κ3) is 11.3. The summed E-state index contributed by atoms with van der Waals surface area (Å²) in [7, 11) is 13.5. The topological polar surface area (TPSA) is 64.4 Å². The predicted octanol–water partition coefficient (Wildman–Crippen LogP) is 7.26. The minimum absolute atomic E-state index is 0.189. The minimum atomic E-state index is -0.302. The molecule has 7 rings (SSSR count). The predicted molar refractivity (Wildman–Crippen MR) is 237 cm³/mol. The number of hydrogen-bond acceptors (Lipinski definition) is 6. The number of fused-ring (bicyclic) bond motifs is 1. The number of carbonyl (C=O) groups excluding carboxylic acids is 2. The van der Waals surface area contributed by atoms with E-state index in [1.54, 1.807) is 0 Å². The standard InChI is InChI=1S/C47H57N5O4S2/c1-51(2,26-7-21-48-23-19-41(35-48)39-15-11-37(12-16-39)33-40-20-30-55-46(40)53)28-31-57-58-32-29-52(3,4)27-8-22-49-24-25-50(36-49)42-17-13-38(14-18-42)34-44-43-9-5-6-10-45(43)56-47(44)54/h5-6,9-19,23-25,33-36,41H,7-8,20-22,26-32H2,1-4H3/q+4. The number of imidazole rings is 1. The maximum atomic E-state index is 12.4. The first-order valence-corrected chi connectivity index (χ1v) is 22.9. The van der Waals surface area contributed by atoms with E-state index in [1.807, 2.05) is 70.1 Å². The van der Waals surface area contributed by atoms with E-state index in [4.69, 9.17) is 9.47 Å². The van der Waals surface area contributed by atoms with Crippen LogP contribution in [0.2, 0.25) is 0 Å². The zero-order valence-corrected chi connectivity index (χ0v) is 35.9. The smallest absolute Gasteiger partial charge is 0.344 e. The van der Waals surface area contributed by atoms with Crippen molar-refractivity contribution >= 4 is 57.5 Å². The van der Waals surface area contributed by atoms with Crippen molar-refractivity contribution in [3.8, 4) is 11.4 Å². The first-order valence-electron chi connectivity index (χ1n) is 20.4. The zero-order valence-electron chi connectivity index (χ0n) is 34.3. The molecule has 0 spiro atoms. The fourth-order valence-corrected chi connectivity index (χ4v) is 10.0. The van der Waals surface area contributed by atoms with Crippen LogP contribution in [0.4, 0.5) is 0 Å². The molecular weight excluding hydrogens is 763 g/mol. The van der Waals surface area contributed by atoms with Crippen LogP contribution >= 0.6 is 21.6 Å². The summed E-state index contributed by atoms with van der Waals surface area (Å²) >= 11 is 0. The van der Waals surface area contributed by atoms with Crippen LogP contribution in [0, 0.1) is 0 Å². The molecule has 4 heterocycles. The summed E-state index contributed by atoms with van der Waals surface area (Å²) in [4.78, 5) is 24.2. The maximum absolute atomic E-state index is 12.4. The molecule has 0 N–H and O–H groups in total. The first kappa shape index (κ1) is 41.5. The van der Waals surface area contributed by atoms with Crippen LogP contribution in [0.15, 0.2) is 109 Å². The Balaban J connectivity index is 0.750. The molecule has 3 aliphatic rings. The lowest BCUT2D eigenvalue weighted by Gasteiger charge is -2.30. The second kappa shape index (κ2) is 18.9. The number of esters is 2. The molecular formula is C47H57N5O4S2+4. The van der Waals surface area contributed by atoms with Crippen molar-refractivity contribution in [2.24, 2.45) is 0 Å². The van der Waals surface area contributed by atoms with Crippen LogP contribution < -0.4 is 9.30 Å². The number of quaternary nitrogens is 2. The number of benzene rings is 3. The van der Waals surface area contributed by atoms with Gasteiger partial charge in [-0.2, -0.15) is 0 Å². The van der Waals surface area contributed by atoms with Crippen LogP contribution in [-0.4, -0.2) is 115 Å². The fourth-order valence-electron chi connectivity index (χ4n) is 7.49. The van der Waals surface area contributed by atoms with Crippen LogP contribution in [0.25, 0.3) is 23.4 Å². The lowest BCUT2D eigenvalue weighted by atomic mass is 9.99. The molecule has 0 bridgehead atoms. The molecule has 1 aromatic heterocycles. The summed E-state index contributed by atoms with van der Waals surface area (Å²) in [6.07, 6.45) is 20.0. The highest BCUT2D eigenvalue weighted by Gasteiger charge is 2.26. The summed E-state index contributed by atoms with van der Waals surface area (Å²) in [6.45, 7) is 7.13. The number of aryl methyl sites for hydroxylation is 1. The van der Waals surface area contributed by atoms with Crippen molar-refractivity contribution in [1.29, 1.82) is 0 Å². The molecule has 1 unspecified atom stereocenters. The van der Waals surface area contributed by atoms with Crippen molar-refractivity contribution in [2.45, 2.75) is 31.7 Å². The highest BCUT2D eigenvalue weighted by atomic mass is 33.1. The van der Waals surface area contributed by atoms with E-state index in [9.17, 15) is 9.59 Å². The Morgan fingerprint density at radius 3 is 2.17 bits per heavy atom. The maximum Gasteiger partial charge on any atom is 0.344 e. The Kier molecular flexibility index (Phi) is 13.5. The van der Waals surface area contributed by atoms with Crippen LogP contribution in [-0.2, 0) is 20.9 Å².